The minimum atomic E-state index is -0.256. The standard InChI is InChI=1S/C22H26O8.C16H18O6.C16H14O6.C8H8O3.C3H5ClO.B.Na.H/c1-25-19-5-13(7-23)3-17(21(19)29-11-15-9-27-15)18-4-14(8-24)6-20(26-2)22(18)30-12-16-10-28-16;2*1-21-13-5-9(7-17)3-11(15(13)19)12-4-10(8-18)6-14(22-2)16(12)20;1-11-8-4-6(5-9)2-3-7(8)10;4-1-3-2-5-3;;;/h3-6,15-16,23-24H,7-12H2,1-2H3;3-6,17-20H,7-8H2,1-2H3;3-8,19-20H,1-2H3;2-5,10H,1H3;3H,1-2H2;;;/q;;;;;;+1;-1. The number of aromatic hydroxyl groups is 5. The number of hydrogen-bond donors (Lipinski definition) is 9. The summed E-state index contributed by atoms with van der Waals surface area (Å²) in [6.07, 6.45) is 2.38. The summed E-state index contributed by atoms with van der Waals surface area (Å²) in [7, 11) is 10.0. The van der Waals surface area contributed by atoms with E-state index in [2.05, 4.69) is 0 Å². The number of carbonyl (C=O) groups excluding carboxylic acids is 3. The Morgan fingerprint density at radius 2 is 0.696 bits per heavy atom. The summed E-state index contributed by atoms with van der Waals surface area (Å²) in [6, 6.07) is 23.1. The molecule has 92 heavy (non-hydrogen) atoms. The van der Waals surface area contributed by atoms with Crippen molar-refractivity contribution in [3.63, 3.8) is 0 Å². The van der Waals surface area contributed by atoms with Crippen LogP contribution in [-0.2, 0) is 40.6 Å². The van der Waals surface area contributed by atoms with Crippen LogP contribution in [0.25, 0.3) is 33.4 Å². The zero-order chi connectivity index (χ0) is 65.6. The summed E-state index contributed by atoms with van der Waals surface area (Å²) in [5, 5.41) is 88.3. The smallest absolute Gasteiger partial charge is 1.00 e. The monoisotopic (exact) mass is 1310 g/mol. The summed E-state index contributed by atoms with van der Waals surface area (Å²) in [4.78, 5) is 32.3. The van der Waals surface area contributed by atoms with Gasteiger partial charge in [0.15, 0.2) is 80.5 Å². The first-order valence-corrected chi connectivity index (χ1v) is 27.9. The molecule has 3 aliphatic heterocycles. The second kappa shape index (κ2) is 37.4. The first-order valence-electron chi connectivity index (χ1n) is 27.3. The van der Waals surface area contributed by atoms with E-state index in [-0.39, 0.29) is 163 Å². The number of halogens is 1. The third-order valence-corrected chi connectivity index (χ3v) is 13.8. The van der Waals surface area contributed by atoms with Crippen molar-refractivity contribution in [2.45, 2.75) is 44.7 Å². The largest absolute Gasteiger partial charge is 1.00 e. The van der Waals surface area contributed by atoms with Gasteiger partial charge in [0.1, 0.15) is 44.3 Å². The second-order valence-electron chi connectivity index (χ2n) is 19.5. The Bertz CT molecular complexity index is 3390. The molecule has 3 aliphatic rings. The molecule has 7 aromatic rings. The Balaban J connectivity index is 0.000000324. The van der Waals surface area contributed by atoms with Crippen molar-refractivity contribution in [2.75, 3.05) is 88.7 Å². The third kappa shape index (κ3) is 20.4. The molecule has 3 unspecified atom stereocenters. The average molecular weight is 1310 g/mol. The molecule has 0 saturated carbocycles. The van der Waals surface area contributed by atoms with Gasteiger partial charge in [0, 0.05) is 58.5 Å². The maximum absolute atomic E-state index is 11.0. The minimum absolute atomic E-state index is 0. The van der Waals surface area contributed by atoms with Crippen LogP contribution in [-0.4, -0.2) is 180 Å². The molecule has 0 amide bonds. The number of alkyl halides is 1. The van der Waals surface area contributed by atoms with Crippen LogP contribution in [0.3, 0.4) is 0 Å². The molecule has 24 nitrogen and oxygen atoms in total. The van der Waals surface area contributed by atoms with Gasteiger partial charge in [-0.1, -0.05) is 0 Å². The maximum Gasteiger partial charge on any atom is 1.00 e. The molecular weight excluding hydrogens is 1230 g/mol. The van der Waals surface area contributed by atoms with Crippen molar-refractivity contribution in [3.05, 3.63) is 130 Å². The Kier molecular flexibility index (Phi) is 31.0. The summed E-state index contributed by atoms with van der Waals surface area (Å²) < 4.78 is 63.4. The number of benzene rings is 7. The number of epoxide rings is 3. The topological polar surface area (TPSA) is 354 Å². The van der Waals surface area contributed by atoms with Gasteiger partial charge in [0.05, 0.1) is 108 Å². The molecule has 0 spiro atoms. The van der Waals surface area contributed by atoms with E-state index in [4.69, 9.17) is 73.5 Å². The van der Waals surface area contributed by atoms with Gasteiger partial charge in [-0.05, 0) is 113 Å². The third-order valence-electron chi connectivity index (χ3n) is 13.4. The van der Waals surface area contributed by atoms with Crippen LogP contribution in [0.5, 0.6) is 80.5 Å². The van der Waals surface area contributed by atoms with Crippen molar-refractivity contribution in [3.8, 4) is 114 Å². The number of carbonyl (C=O) groups is 3. The molecule has 3 radical (unpaired) electrons. The van der Waals surface area contributed by atoms with Gasteiger partial charge in [-0.15, -0.1) is 11.6 Å². The summed E-state index contributed by atoms with van der Waals surface area (Å²) >= 11 is 5.27. The van der Waals surface area contributed by atoms with E-state index in [0.717, 1.165) is 6.61 Å². The predicted molar refractivity (Wildman–Crippen MR) is 334 cm³/mol. The molecule has 27 heteroatoms. The molecule has 0 bridgehead atoms. The normalized spacial score (nSPS) is 14.2. The zero-order valence-electron chi connectivity index (χ0n) is 52.8. The molecule has 3 fully saturated rings. The van der Waals surface area contributed by atoms with E-state index in [9.17, 15) is 55.2 Å². The molecule has 3 saturated heterocycles. The fourth-order valence-corrected chi connectivity index (χ4v) is 8.64. The Labute approximate surface area is 561 Å². The van der Waals surface area contributed by atoms with Gasteiger partial charge in [-0.25, -0.2) is 0 Å². The molecule has 487 valence electrons. The van der Waals surface area contributed by atoms with E-state index in [1.165, 1.54) is 102 Å². The zero-order valence-corrected chi connectivity index (χ0v) is 54.6. The molecule has 3 heterocycles. The molecule has 10 rings (SSSR count). The van der Waals surface area contributed by atoms with E-state index in [0.29, 0.717) is 125 Å². The number of phenolic OH excluding ortho intramolecular Hbond substituents is 5. The molecule has 0 aromatic heterocycles. The van der Waals surface area contributed by atoms with E-state index in [1.54, 1.807) is 26.4 Å². The number of aliphatic hydroxyl groups excluding tert-OH is 4. The predicted octanol–water partition coefficient (Wildman–Crippen LogP) is 4.66. The van der Waals surface area contributed by atoms with Crippen molar-refractivity contribution >= 4 is 38.9 Å². The van der Waals surface area contributed by atoms with Crippen LogP contribution in [0.2, 0.25) is 0 Å². The SMILES string of the molecule is COc1cc(C=O)cc(-c2cc(C=O)cc(OC)c2O)c1O.COc1cc(C=O)ccc1O.COc1cc(CO)cc(-c2cc(CO)cc(OC)c2O)c1O.COc1cc(CO)cc(-c2cc(CO)cc(OC)c2OCC2CO2)c1OCC1CO1.ClCC1CO1.[B].[H-].[Na+]. The van der Waals surface area contributed by atoms with Crippen molar-refractivity contribution in [1.82, 2.24) is 0 Å². The van der Waals surface area contributed by atoms with Crippen molar-refractivity contribution in [1.29, 1.82) is 0 Å². The number of hydrogen-bond acceptors (Lipinski definition) is 24. The molecular formula is C65H72BClNaO24. The van der Waals surface area contributed by atoms with Crippen LogP contribution in [0.4, 0.5) is 0 Å². The fourth-order valence-electron chi connectivity index (χ4n) is 8.46. The number of methoxy groups -OCH3 is 7. The molecule has 3 atom stereocenters. The van der Waals surface area contributed by atoms with Crippen LogP contribution < -0.4 is 72.2 Å². The van der Waals surface area contributed by atoms with Crippen LogP contribution >= 0.6 is 11.6 Å². The molecule has 0 aliphatic carbocycles. The second-order valence-corrected chi connectivity index (χ2v) is 19.8. The van der Waals surface area contributed by atoms with E-state index < -0.39 is 0 Å². The van der Waals surface area contributed by atoms with Crippen LogP contribution in [0.15, 0.2) is 91.0 Å². The summed E-state index contributed by atoms with van der Waals surface area (Å²) in [5.41, 5.74) is 5.50. The Hall–Kier alpha value is -8.18. The Morgan fingerprint density at radius 1 is 0.413 bits per heavy atom. The number of aliphatic hydroxyl groups is 4. The first kappa shape index (κ1) is 76.3. The molecule has 7 aromatic carbocycles. The summed E-state index contributed by atoms with van der Waals surface area (Å²) in [5.74, 6) is 2.66. The Morgan fingerprint density at radius 3 is 0.967 bits per heavy atom. The average Bonchev–Trinajstić information content (AvgIpc) is 1.78. The van der Waals surface area contributed by atoms with Gasteiger partial charge in [-0.2, -0.15) is 0 Å². The van der Waals surface area contributed by atoms with Crippen molar-refractivity contribution < 1.29 is 148 Å². The molecule has 9 N–H and O–H groups in total. The first-order chi connectivity index (χ1) is 43.5. The van der Waals surface area contributed by atoms with Gasteiger partial charge >= 0.3 is 29.6 Å². The summed E-state index contributed by atoms with van der Waals surface area (Å²) in [6.45, 7) is 2.13. The van der Waals surface area contributed by atoms with Gasteiger partial charge in [0.25, 0.3) is 0 Å². The van der Waals surface area contributed by atoms with Gasteiger partial charge in [0.2, 0.25) is 0 Å². The van der Waals surface area contributed by atoms with E-state index >= 15 is 0 Å². The van der Waals surface area contributed by atoms with Gasteiger partial charge < -0.3 is 104 Å². The number of ether oxygens (including phenoxy) is 12. The van der Waals surface area contributed by atoms with Crippen LogP contribution in [0, 0.1) is 0 Å². The number of phenols is 5. The number of aldehydes is 3. The minimum Gasteiger partial charge on any atom is -1.00 e. The maximum atomic E-state index is 11.0. The van der Waals surface area contributed by atoms with Crippen molar-refractivity contribution in [2.24, 2.45) is 0 Å². The number of rotatable bonds is 24. The fraction of sp³-hybridized carbons (Fsp3) is 0.308. The quantitative estimate of drug-likeness (QED) is 0.0172. The van der Waals surface area contributed by atoms with E-state index in [1.807, 2.05) is 12.1 Å². The van der Waals surface area contributed by atoms with Gasteiger partial charge in [-0.3, -0.25) is 14.4 Å². The van der Waals surface area contributed by atoms with Crippen LogP contribution in [0.1, 0.15) is 54.8 Å².